The molecule has 1 aromatic heterocycles. The van der Waals surface area contributed by atoms with Crippen molar-refractivity contribution in [2.45, 2.75) is 52.7 Å². The van der Waals surface area contributed by atoms with E-state index in [0.717, 1.165) is 11.1 Å². The van der Waals surface area contributed by atoms with Crippen molar-refractivity contribution in [1.29, 1.82) is 0 Å². The van der Waals surface area contributed by atoms with Crippen LogP contribution in [0, 0.1) is 5.92 Å². The van der Waals surface area contributed by atoms with Crippen molar-refractivity contribution in [1.82, 2.24) is 10.3 Å². The first-order valence-corrected chi connectivity index (χ1v) is 9.45. The molecule has 0 saturated heterocycles. The van der Waals surface area contributed by atoms with E-state index in [1.54, 1.807) is 33.2 Å². The van der Waals surface area contributed by atoms with E-state index in [1.807, 2.05) is 50.2 Å². The Kier molecular flexibility index (Phi) is 7.15. The lowest BCUT2D eigenvalue weighted by Crippen LogP contribution is -2.46. The largest absolute Gasteiger partial charge is 0.444 e. The van der Waals surface area contributed by atoms with Gasteiger partial charge in [-0.2, -0.15) is 0 Å². The van der Waals surface area contributed by atoms with Crippen molar-refractivity contribution in [3.63, 3.8) is 0 Å². The summed E-state index contributed by atoms with van der Waals surface area (Å²) in [5, 5.41) is 5.55. The molecule has 2 amide bonds. The number of anilines is 1. The standard InChI is InChI=1S/C22H29N3O3/c1-15(2)14-19(25-21(27)28-22(3,4)5)20(26)24-18-8-6-16(7-9-18)17-10-12-23-13-11-17/h6-13,15,19H,14H2,1-5H3,(H,24,26)(H,25,27)/t19-/m1/s1. The Hall–Kier alpha value is -2.89. The monoisotopic (exact) mass is 383 g/mol. The van der Waals surface area contributed by atoms with E-state index in [4.69, 9.17) is 4.74 Å². The van der Waals surface area contributed by atoms with Gasteiger partial charge in [0.2, 0.25) is 5.91 Å². The summed E-state index contributed by atoms with van der Waals surface area (Å²) in [6.45, 7) is 9.36. The summed E-state index contributed by atoms with van der Waals surface area (Å²) in [5.74, 6) is -0.0315. The second-order valence-electron chi connectivity index (χ2n) is 8.13. The number of carbonyl (C=O) groups excluding carboxylic acids is 2. The molecule has 0 unspecified atom stereocenters. The van der Waals surface area contributed by atoms with Crippen LogP contribution < -0.4 is 10.6 Å². The van der Waals surface area contributed by atoms with Crippen LogP contribution in [0.3, 0.4) is 0 Å². The van der Waals surface area contributed by atoms with Gasteiger partial charge in [-0.3, -0.25) is 9.78 Å². The highest BCUT2D eigenvalue weighted by molar-refractivity contribution is 5.96. The van der Waals surface area contributed by atoms with Gasteiger partial charge in [-0.05, 0) is 68.5 Å². The molecule has 0 aliphatic heterocycles. The van der Waals surface area contributed by atoms with E-state index >= 15 is 0 Å². The second kappa shape index (κ2) is 9.35. The van der Waals surface area contributed by atoms with Gasteiger partial charge in [-0.1, -0.05) is 26.0 Å². The Bertz CT molecular complexity index is 781. The Labute approximate surface area is 166 Å². The lowest BCUT2D eigenvalue weighted by Gasteiger charge is -2.24. The average molecular weight is 383 g/mol. The lowest BCUT2D eigenvalue weighted by molar-refractivity contribution is -0.118. The van der Waals surface area contributed by atoms with Crippen LogP contribution in [0.25, 0.3) is 11.1 Å². The maximum absolute atomic E-state index is 12.7. The molecule has 28 heavy (non-hydrogen) atoms. The van der Waals surface area contributed by atoms with Crippen LogP contribution in [0.5, 0.6) is 0 Å². The number of carbonyl (C=O) groups is 2. The summed E-state index contributed by atoms with van der Waals surface area (Å²) in [6, 6.07) is 10.7. The highest BCUT2D eigenvalue weighted by Crippen LogP contribution is 2.21. The van der Waals surface area contributed by atoms with E-state index in [2.05, 4.69) is 15.6 Å². The highest BCUT2D eigenvalue weighted by Gasteiger charge is 2.25. The van der Waals surface area contributed by atoms with E-state index in [-0.39, 0.29) is 11.8 Å². The van der Waals surface area contributed by atoms with Crippen LogP contribution in [-0.4, -0.2) is 28.6 Å². The van der Waals surface area contributed by atoms with Gasteiger partial charge >= 0.3 is 6.09 Å². The van der Waals surface area contributed by atoms with Crippen molar-refractivity contribution in [2.24, 2.45) is 5.92 Å². The maximum Gasteiger partial charge on any atom is 0.408 e. The summed E-state index contributed by atoms with van der Waals surface area (Å²) < 4.78 is 5.28. The Morgan fingerprint density at radius 3 is 2.11 bits per heavy atom. The molecule has 0 spiro atoms. The van der Waals surface area contributed by atoms with Gasteiger partial charge < -0.3 is 15.4 Å². The normalized spacial score (nSPS) is 12.4. The van der Waals surface area contributed by atoms with Gasteiger partial charge in [-0.15, -0.1) is 0 Å². The summed E-state index contributed by atoms with van der Waals surface area (Å²) in [5.41, 5.74) is 2.14. The van der Waals surface area contributed by atoms with Crippen molar-refractivity contribution >= 4 is 17.7 Å². The first kappa shape index (κ1) is 21.4. The topological polar surface area (TPSA) is 80.3 Å². The molecule has 1 aromatic carbocycles. The quantitative estimate of drug-likeness (QED) is 0.762. The highest BCUT2D eigenvalue weighted by atomic mass is 16.6. The number of nitrogens with zero attached hydrogens (tertiary/aromatic N) is 1. The fraction of sp³-hybridized carbons (Fsp3) is 0.409. The first-order chi connectivity index (χ1) is 13.1. The molecular weight excluding hydrogens is 354 g/mol. The summed E-state index contributed by atoms with van der Waals surface area (Å²) in [6.07, 6.45) is 3.40. The number of rotatable bonds is 6. The minimum Gasteiger partial charge on any atom is -0.444 e. The molecule has 0 saturated carbocycles. The van der Waals surface area contributed by atoms with Crippen molar-refractivity contribution in [2.75, 3.05) is 5.32 Å². The van der Waals surface area contributed by atoms with Crippen molar-refractivity contribution in [3.05, 3.63) is 48.8 Å². The second-order valence-corrected chi connectivity index (χ2v) is 8.13. The molecule has 6 nitrogen and oxygen atoms in total. The SMILES string of the molecule is CC(C)C[C@@H](NC(=O)OC(C)(C)C)C(=O)Nc1ccc(-c2ccncc2)cc1. The zero-order valence-corrected chi connectivity index (χ0v) is 17.2. The Balaban J connectivity index is 2.04. The number of pyridine rings is 1. The number of benzene rings is 1. The van der Waals surface area contributed by atoms with Gasteiger partial charge in [0.25, 0.3) is 0 Å². The van der Waals surface area contributed by atoms with Gasteiger partial charge in [0.05, 0.1) is 0 Å². The summed E-state index contributed by atoms with van der Waals surface area (Å²) >= 11 is 0. The molecule has 0 aliphatic carbocycles. The number of hydrogen-bond acceptors (Lipinski definition) is 4. The van der Waals surface area contributed by atoms with Crippen molar-refractivity contribution < 1.29 is 14.3 Å². The minimum absolute atomic E-state index is 0.236. The molecule has 0 radical (unpaired) electrons. The lowest BCUT2D eigenvalue weighted by atomic mass is 10.0. The molecule has 150 valence electrons. The molecule has 6 heteroatoms. The number of nitrogens with one attached hydrogen (secondary N) is 2. The maximum atomic E-state index is 12.7. The Morgan fingerprint density at radius 2 is 1.57 bits per heavy atom. The zero-order chi connectivity index (χ0) is 20.7. The van der Waals surface area contributed by atoms with Crippen LogP contribution in [-0.2, 0) is 9.53 Å². The van der Waals surface area contributed by atoms with E-state index < -0.39 is 17.7 Å². The molecular formula is C22H29N3O3. The van der Waals surface area contributed by atoms with E-state index in [9.17, 15) is 9.59 Å². The molecule has 2 aromatic rings. The predicted octanol–water partition coefficient (Wildman–Crippen LogP) is 4.63. The number of alkyl carbamates (subject to hydrolysis) is 1. The minimum atomic E-state index is -0.672. The smallest absolute Gasteiger partial charge is 0.408 e. The number of amides is 2. The number of hydrogen-bond donors (Lipinski definition) is 2. The molecule has 0 fully saturated rings. The summed E-state index contributed by atoms with van der Waals surface area (Å²) in [7, 11) is 0. The fourth-order valence-electron chi connectivity index (χ4n) is 2.67. The summed E-state index contributed by atoms with van der Waals surface area (Å²) in [4.78, 5) is 28.8. The zero-order valence-electron chi connectivity index (χ0n) is 17.2. The molecule has 2 rings (SSSR count). The third kappa shape index (κ3) is 7.02. The van der Waals surface area contributed by atoms with Crippen LogP contribution in [0.2, 0.25) is 0 Å². The van der Waals surface area contributed by atoms with Gasteiger partial charge in [0, 0.05) is 18.1 Å². The predicted molar refractivity (Wildman–Crippen MR) is 111 cm³/mol. The number of ether oxygens (including phenoxy) is 1. The van der Waals surface area contributed by atoms with Gasteiger partial charge in [-0.25, -0.2) is 4.79 Å². The van der Waals surface area contributed by atoms with Crippen LogP contribution >= 0.6 is 0 Å². The van der Waals surface area contributed by atoms with Crippen LogP contribution in [0.1, 0.15) is 41.0 Å². The first-order valence-electron chi connectivity index (χ1n) is 9.45. The van der Waals surface area contributed by atoms with Crippen LogP contribution in [0.15, 0.2) is 48.8 Å². The van der Waals surface area contributed by atoms with Gasteiger partial charge in [0.1, 0.15) is 11.6 Å². The van der Waals surface area contributed by atoms with E-state index in [0.29, 0.717) is 12.1 Å². The van der Waals surface area contributed by atoms with Crippen molar-refractivity contribution in [3.8, 4) is 11.1 Å². The van der Waals surface area contributed by atoms with E-state index in [1.165, 1.54) is 0 Å². The van der Waals surface area contributed by atoms with Crippen LogP contribution in [0.4, 0.5) is 10.5 Å². The third-order valence-corrected chi connectivity index (χ3v) is 3.88. The fourth-order valence-corrected chi connectivity index (χ4v) is 2.67. The number of aromatic nitrogens is 1. The molecule has 0 aliphatic rings. The van der Waals surface area contributed by atoms with Gasteiger partial charge in [0.15, 0.2) is 0 Å². The molecule has 1 atom stereocenters. The third-order valence-electron chi connectivity index (χ3n) is 3.88. The average Bonchev–Trinajstić information content (AvgIpc) is 2.60. The molecule has 0 bridgehead atoms. The molecule has 2 N–H and O–H groups in total. The molecule has 1 heterocycles. The Morgan fingerprint density at radius 1 is 1.00 bits per heavy atom.